The van der Waals surface area contributed by atoms with Gasteiger partial charge >= 0.3 is 0 Å². The molecule has 14 heavy (non-hydrogen) atoms. The Balaban J connectivity index is 2.95. The summed E-state index contributed by atoms with van der Waals surface area (Å²) in [6, 6.07) is 6.42. The number of benzene rings is 1. The van der Waals surface area contributed by atoms with E-state index in [1.165, 1.54) is 14.8 Å². The van der Waals surface area contributed by atoms with Crippen LogP contribution >= 0.6 is 22.6 Å². The molecule has 0 saturated carbocycles. The van der Waals surface area contributed by atoms with Crippen LogP contribution in [0.15, 0.2) is 18.2 Å². The Bertz CT molecular complexity index is 301. The van der Waals surface area contributed by atoms with E-state index in [0.717, 1.165) is 6.42 Å². The van der Waals surface area contributed by atoms with Gasteiger partial charge in [-0.25, -0.2) is 0 Å². The highest BCUT2D eigenvalue weighted by atomic mass is 127. The predicted molar refractivity (Wildman–Crippen MR) is 68.9 cm³/mol. The van der Waals surface area contributed by atoms with E-state index in [-0.39, 0.29) is 6.61 Å². The van der Waals surface area contributed by atoms with E-state index >= 15 is 0 Å². The number of anilines is 1. The summed E-state index contributed by atoms with van der Waals surface area (Å²) in [7, 11) is 2.01. The van der Waals surface area contributed by atoms with Gasteiger partial charge in [0.05, 0.1) is 6.61 Å². The summed E-state index contributed by atoms with van der Waals surface area (Å²) in [4.78, 5) is 2.09. The molecule has 3 heteroatoms. The second-order valence-electron chi connectivity index (χ2n) is 3.27. The lowest BCUT2D eigenvalue weighted by Crippen LogP contribution is -2.22. The topological polar surface area (TPSA) is 23.5 Å². The van der Waals surface area contributed by atoms with Crippen molar-refractivity contribution < 1.29 is 5.11 Å². The molecule has 1 aromatic rings. The lowest BCUT2D eigenvalue weighted by Gasteiger charge is -2.21. The Morgan fingerprint density at radius 1 is 1.43 bits per heavy atom. The number of halogens is 1. The largest absolute Gasteiger partial charge is 0.395 e. The number of aryl methyl sites for hydroxylation is 1. The van der Waals surface area contributed by atoms with Crippen molar-refractivity contribution in [3.63, 3.8) is 0 Å². The van der Waals surface area contributed by atoms with Crippen molar-refractivity contribution in [2.24, 2.45) is 0 Å². The van der Waals surface area contributed by atoms with Gasteiger partial charge in [0.15, 0.2) is 0 Å². The van der Waals surface area contributed by atoms with E-state index < -0.39 is 0 Å². The molecule has 0 aliphatic carbocycles. The summed E-state index contributed by atoms with van der Waals surface area (Å²) in [5.74, 6) is 0. The van der Waals surface area contributed by atoms with Gasteiger partial charge in [0.1, 0.15) is 0 Å². The average Bonchev–Trinajstić information content (AvgIpc) is 2.17. The first-order valence-electron chi connectivity index (χ1n) is 4.79. The fraction of sp³-hybridized carbons (Fsp3) is 0.455. The van der Waals surface area contributed by atoms with Crippen LogP contribution in [0.25, 0.3) is 0 Å². The molecule has 0 spiro atoms. The van der Waals surface area contributed by atoms with Crippen LogP contribution in [0.1, 0.15) is 12.5 Å². The third kappa shape index (κ3) is 2.85. The number of hydrogen-bond acceptors (Lipinski definition) is 2. The van der Waals surface area contributed by atoms with Crippen molar-refractivity contribution in [1.29, 1.82) is 0 Å². The van der Waals surface area contributed by atoms with Crippen LogP contribution in [-0.2, 0) is 6.42 Å². The molecule has 0 atom stereocenters. The Morgan fingerprint density at radius 3 is 2.71 bits per heavy atom. The Morgan fingerprint density at radius 2 is 2.14 bits per heavy atom. The maximum Gasteiger partial charge on any atom is 0.0606 e. The molecule has 0 saturated heterocycles. The second-order valence-corrected chi connectivity index (χ2v) is 4.52. The van der Waals surface area contributed by atoms with Gasteiger partial charge in [0, 0.05) is 22.8 Å². The first-order chi connectivity index (χ1) is 6.69. The van der Waals surface area contributed by atoms with Crippen LogP contribution in [0.4, 0.5) is 5.69 Å². The van der Waals surface area contributed by atoms with Gasteiger partial charge in [-0.3, -0.25) is 0 Å². The normalized spacial score (nSPS) is 10.3. The monoisotopic (exact) mass is 305 g/mol. The van der Waals surface area contributed by atoms with Gasteiger partial charge in [-0.05, 0) is 52.8 Å². The highest BCUT2D eigenvalue weighted by Crippen LogP contribution is 2.22. The molecule has 0 aliphatic rings. The quantitative estimate of drug-likeness (QED) is 0.863. The zero-order valence-corrected chi connectivity index (χ0v) is 10.8. The first kappa shape index (κ1) is 11.8. The summed E-state index contributed by atoms with van der Waals surface area (Å²) >= 11 is 2.32. The Labute approximate surface area is 99.1 Å². The summed E-state index contributed by atoms with van der Waals surface area (Å²) in [6.45, 7) is 3.04. The highest BCUT2D eigenvalue weighted by Gasteiger charge is 2.05. The molecule has 0 aliphatic heterocycles. The highest BCUT2D eigenvalue weighted by molar-refractivity contribution is 14.1. The minimum atomic E-state index is 0.200. The molecule has 2 nitrogen and oxygen atoms in total. The van der Waals surface area contributed by atoms with Crippen LogP contribution in [0.5, 0.6) is 0 Å². The summed E-state index contributed by atoms with van der Waals surface area (Å²) in [5, 5.41) is 8.87. The molecule has 1 rings (SSSR count). The van der Waals surface area contributed by atoms with Crippen LogP contribution < -0.4 is 4.90 Å². The number of aliphatic hydroxyl groups is 1. The summed E-state index contributed by atoms with van der Waals surface area (Å²) in [5.41, 5.74) is 2.56. The van der Waals surface area contributed by atoms with E-state index in [0.29, 0.717) is 6.54 Å². The molecule has 78 valence electrons. The zero-order chi connectivity index (χ0) is 10.6. The molecule has 0 amide bonds. The molecule has 0 fully saturated rings. The van der Waals surface area contributed by atoms with Gasteiger partial charge in [-0.1, -0.05) is 6.92 Å². The van der Waals surface area contributed by atoms with Gasteiger partial charge in [0.25, 0.3) is 0 Å². The summed E-state index contributed by atoms with van der Waals surface area (Å²) < 4.78 is 1.26. The van der Waals surface area contributed by atoms with Crippen LogP contribution in [0.3, 0.4) is 0 Å². The first-order valence-corrected chi connectivity index (χ1v) is 5.87. The minimum absolute atomic E-state index is 0.200. The third-order valence-corrected chi connectivity index (χ3v) is 2.94. The molecule has 1 aromatic carbocycles. The van der Waals surface area contributed by atoms with Crippen molar-refractivity contribution in [2.75, 3.05) is 25.1 Å². The molecule has 0 bridgehead atoms. The van der Waals surface area contributed by atoms with Crippen molar-refractivity contribution in [3.8, 4) is 0 Å². The van der Waals surface area contributed by atoms with E-state index in [9.17, 15) is 0 Å². The summed E-state index contributed by atoms with van der Waals surface area (Å²) in [6.07, 6.45) is 1.03. The number of likely N-dealkylation sites (N-methyl/N-ethyl adjacent to an activating group) is 1. The van der Waals surface area contributed by atoms with Crippen LogP contribution in [-0.4, -0.2) is 25.3 Å². The number of rotatable bonds is 4. The maximum absolute atomic E-state index is 8.87. The van der Waals surface area contributed by atoms with Crippen molar-refractivity contribution in [1.82, 2.24) is 0 Å². The molecular formula is C11H16INO. The molecular weight excluding hydrogens is 289 g/mol. The minimum Gasteiger partial charge on any atom is -0.395 e. The fourth-order valence-corrected chi connectivity index (χ4v) is 2.04. The number of nitrogens with zero attached hydrogens (tertiary/aromatic N) is 1. The third-order valence-electron chi connectivity index (χ3n) is 2.27. The lowest BCUT2D eigenvalue weighted by atomic mass is 10.1. The van der Waals surface area contributed by atoms with Crippen molar-refractivity contribution in [3.05, 3.63) is 27.3 Å². The molecule has 0 radical (unpaired) electrons. The predicted octanol–water partition coefficient (Wildman–Crippen LogP) is 2.28. The molecule has 0 heterocycles. The smallest absolute Gasteiger partial charge is 0.0606 e. The lowest BCUT2D eigenvalue weighted by molar-refractivity contribution is 0.304. The van der Waals surface area contributed by atoms with E-state index in [2.05, 4.69) is 52.6 Å². The molecule has 1 N–H and O–H groups in total. The van der Waals surface area contributed by atoms with Crippen LogP contribution in [0, 0.1) is 3.57 Å². The fourth-order valence-electron chi connectivity index (χ4n) is 1.48. The van der Waals surface area contributed by atoms with Crippen molar-refractivity contribution in [2.45, 2.75) is 13.3 Å². The SMILES string of the molecule is CCc1cc(I)ccc1N(C)CCO. The van der Waals surface area contributed by atoms with Gasteiger partial charge in [-0.2, -0.15) is 0 Å². The van der Waals surface area contributed by atoms with E-state index in [1.54, 1.807) is 0 Å². The molecule has 0 aromatic heterocycles. The standard InChI is InChI=1S/C11H16INO/c1-3-9-8-10(12)4-5-11(9)13(2)6-7-14/h4-5,8,14H,3,6-7H2,1-2H3. The van der Waals surface area contributed by atoms with Gasteiger partial charge in [0.2, 0.25) is 0 Å². The number of hydrogen-bond donors (Lipinski definition) is 1. The van der Waals surface area contributed by atoms with E-state index in [1.807, 2.05) is 7.05 Å². The second kappa shape index (κ2) is 5.56. The van der Waals surface area contributed by atoms with Crippen LogP contribution in [0.2, 0.25) is 0 Å². The molecule has 0 unspecified atom stereocenters. The zero-order valence-electron chi connectivity index (χ0n) is 8.63. The maximum atomic E-state index is 8.87. The Kier molecular flexibility index (Phi) is 4.68. The Hall–Kier alpha value is -0.290. The van der Waals surface area contributed by atoms with Gasteiger partial charge in [-0.15, -0.1) is 0 Å². The average molecular weight is 305 g/mol. The van der Waals surface area contributed by atoms with Crippen molar-refractivity contribution >= 4 is 28.3 Å². The van der Waals surface area contributed by atoms with E-state index in [4.69, 9.17) is 5.11 Å². The van der Waals surface area contributed by atoms with Gasteiger partial charge < -0.3 is 10.0 Å². The number of aliphatic hydroxyl groups excluding tert-OH is 1.